The van der Waals surface area contributed by atoms with Crippen LogP contribution in [-0.4, -0.2) is 24.3 Å². The van der Waals surface area contributed by atoms with E-state index in [1.54, 1.807) is 0 Å². The number of aliphatic hydroxyl groups is 1. The van der Waals surface area contributed by atoms with Gasteiger partial charge in [0.1, 0.15) is 0 Å². The molecule has 3 heteroatoms. The molecule has 10 heavy (non-hydrogen) atoms. The van der Waals surface area contributed by atoms with Crippen molar-refractivity contribution >= 4 is 5.97 Å². The fourth-order valence-corrected chi connectivity index (χ4v) is 1.10. The Kier molecular flexibility index (Phi) is 1.68. The van der Waals surface area contributed by atoms with Crippen molar-refractivity contribution in [3.05, 3.63) is 0 Å². The van der Waals surface area contributed by atoms with Crippen molar-refractivity contribution in [2.24, 2.45) is 11.3 Å². The molecule has 0 aromatic rings. The minimum absolute atomic E-state index is 0.105. The maximum atomic E-state index is 10.8. The normalized spacial score (nSPS) is 30.3. The van der Waals surface area contributed by atoms with Gasteiger partial charge in [0.15, 0.2) is 0 Å². The van der Waals surface area contributed by atoms with Crippen LogP contribution in [0.2, 0.25) is 0 Å². The fourth-order valence-electron chi connectivity index (χ4n) is 1.10. The number of carbonyl (C=O) groups excluding carboxylic acids is 1. The second kappa shape index (κ2) is 2.23. The standard InChI is InChI=1S/C7H12O3/c1-7(2)4-10-6(9)5(7)3-8/h5,8H,3-4H2,1-2H3. The lowest BCUT2D eigenvalue weighted by Gasteiger charge is -2.18. The van der Waals surface area contributed by atoms with Gasteiger partial charge in [-0.15, -0.1) is 0 Å². The molecular formula is C7H12O3. The summed E-state index contributed by atoms with van der Waals surface area (Å²) in [5, 5.41) is 8.77. The molecule has 3 nitrogen and oxygen atoms in total. The minimum atomic E-state index is -0.326. The van der Waals surface area contributed by atoms with E-state index in [0.717, 1.165) is 0 Å². The third kappa shape index (κ3) is 1.01. The summed E-state index contributed by atoms with van der Waals surface area (Å²) in [4.78, 5) is 10.8. The second-order valence-corrected chi connectivity index (χ2v) is 3.33. The van der Waals surface area contributed by atoms with Crippen molar-refractivity contribution in [1.82, 2.24) is 0 Å². The maximum Gasteiger partial charge on any atom is 0.311 e. The highest BCUT2D eigenvalue weighted by atomic mass is 16.5. The smallest absolute Gasteiger partial charge is 0.311 e. The number of aliphatic hydroxyl groups excluding tert-OH is 1. The average molecular weight is 144 g/mol. The van der Waals surface area contributed by atoms with E-state index in [0.29, 0.717) is 6.61 Å². The van der Waals surface area contributed by atoms with Crippen molar-refractivity contribution in [1.29, 1.82) is 0 Å². The van der Waals surface area contributed by atoms with E-state index in [1.807, 2.05) is 13.8 Å². The van der Waals surface area contributed by atoms with E-state index < -0.39 is 0 Å². The zero-order chi connectivity index (χ0) is 7.78. The summed E-state index contributed by atoms with van der Waals surface area (Å²) in [6.45, 7) is 4.15. The average Bonchev–Trinajstić information content (AvgIpc) is 2.07. The number of carbonyl (C=O) groups is 1. The summed E-state index contributed by atoms with van der Waals surface area (Å²) in [6, 6.07) is 0. The van der Waals surface area contributed by atoms with E-state index >= 15 is 0 Å². The number of hydrogen-bond donors (Lipinski definition) is 1. The van der Waals surface area contributed by atoms with Gasteiger partial charge in [0.2, 0.25) is 0 Å². The van der Waals surface area contributed by atoms with Crippen molar-refractivity contribution in [3.8, 4) is 0 Å². The molecule has 0 bridgehead atoms. The fraction of sp³-hybridized carbons (Fsp3) is 0.857. The van der Waals surface area contributed by atoms with Crippen LogP contribution >= 0.6 is 0 Å². The van der Waals surface area contributed by atoms with Gasteiger partial charge in [0.25, 0.3) is 0 Å². The van der Waals surface area contributed by atoms with Gasteiger partial charge in [-0.1, -0.05) is 13.8 Å². The van der Waals surface area contributed by atoms with E-state index in [-0.39, 0.29) is 23.9 Å². The zero-order valence-corrected chi connectivity index (χ0v) is 6.26. The van der Waals surface area contributed by atoms with Crippen LogP contribution in [0.1, 0.15) is 13.8 Å². The lowest BCUT2D eigenvalue weighted by Crippen LogP contribution is -2.27. The number of esters is 1. The number of rotatable bonds is 1. The summed E-state index contributed by atoms with van der Waals surface area (Å²) in [6.07, 6.45) is 0. The van der Waals surface area contributed by atoms with Crippen LogP contribution in [0.3, 0.4) is 0 Å². The minimum Gasteiger partial charge on any atom is -0.465 e. The molecule has 1 aliphatic heterocycles. The van der Waals surface area contributed by atoms with Gasteiger partial charge in [0, 0.05) is 5.41 Å². The molecule has 0 spiro atoms. The van der Waals surface area contributed by atoms with E-state index in [2.05, 4.69) is 0 Å². The lowest BCUT2D eigenvalue weighted by molar-refractivity contribution is -0.142. The monoisotopic (exact) mass is 144 g/mol. The number of ether oxygens (including phenoxy) is 1. The van der Waals surface area contributed by atoms with Crippen molar-refractivity contribution < 1.29 is 14.6 Å². The summed E-state index contributed by atoms with van der Waals surface area (Å²) in [7, 11) is 0. The van der Waals surface area contributed by atoms with Crippen molar-refractivity contribution in [3.63, 3.8) is 0 Å². The summed E-state index contributed by atoms with van der Waals surface area (Å²) < 4.78 is 4.77. The van der Waals surface area contributed by atoms with Crippen LogP contribution in [0.5, 0.6) is 0 Å². The first-order chi connectivity index (χ1) is 4.58. The van der Waals surface area contributed by atoms with Crippen molar-refractivity contribution in [2.45, 2.75) is 13.8 Å². The SMILES string of the molecule is CC1(C)COC(=O)C1CO. The molecule has 0 aliphatic carbocycles. The molecule has 1 aliphatic rings. The van der Waals surface area contributed by atoms with Crippen LogP contribution in [0.15, 0.2) is 0 Å². The Morgan fingerprint density at radius 2 is 2.40 bits per heavy atom. The summed E-state index contributed by atoms with van der Waals surface area (Å²) in [5.74, 6) is -0.597. The quantitative estimate of drug-likeness (QED) is 0.534. The molecule has 1 unspecified atom stereocenters. The van der Waals surface area contributed by atoms with Gasteiger partial charge < -0.3 is 9.84 Å². The Balaban J connectivity index is 2.73. The van der Waals surface area contributed by atoms with Gasteiger partial charge in [-0.05, 0) is 0 Å². The largest absolute Gasteiger partial charge is 0.465 e. The first-order valence-corrected chi connectivity index (χ1v) is 3.35. The molecule has 0 saturated carbocycles. The summed E-state index contributed by atoms with van der Waals surface area (Å²) >= 11 is 0. The Morgan fingerprint density at radius 3 is 2.60 bits per heavy atom. The molecule has 1 heterocycles. The molecular weight excluding hydrogens is 132 g/mol. The topological polar surface area (TPSA) is 46.5 Å². The third-order valence-electron chi connectivity index (χ3n) is 2.00. The van der Waals surface area contributed by atoms with Crippen LogP contribution in [0, 0.1) is 11.3 Å². The molecule has 1 saturated heterocycles. The van der Waals surface area contributed by atoms with E-state index in [9.17, 15) is 4.79 Å². The lowest BCUT2D eigenvalue weighted by atomic mass is 9.82. The van der Waals surface area contributed by atoms with Gasteiger partial charge in [-0.2, -0.15) is 0 Å². The maximum absolute atomic E-state index is 10.8. The van der Waals surface area contributed by atoms with Crippen LogP contribution < -0.4 is 0 Å². The first-order valence-electron chi connectivity index (χ1n) is 3.35. The van der Waals surface area contributed by atoms with Crippen molar-refractivity contribution in [2.75, 3.05) is 13.2 Å². The first kappa shape index (κ1) is 7.54. The highest BCUT2D eigenvalue weighted by Gasteiger charge is 2.42. The molecule has 0 amide bonds. The molecule has 1 atom stereocenters. The Hall–Kier alpha value is -0.570. The van der Waals surface area contributed by atoms with Gasteiger partial charge >= 0.3 is 5.97 Å². The molecule has 1 N–H and O–H groups in total. The molecule has 0 aromatic carbocycles. The van der Waals surface area contributed by atoms with Gasteiger partial charge in [-0.3, -0.25) is 4.79 Å². The molecule has 0 radical (unpaired) electrons. The van der Waals surface area contributed by atoms with Gasteiger partial charge in [0.05, 0.1) is 19.1 Å². The van der Waals surface area contributed by atoms with E-state index in [4.69, 9.17) is 9.84 Å². The van der Waals surface area contributed by atoms with Crippen LogP contribution in [0.4, 0.5) is 0 Å². The molecule has 1 rings (SSSR count). The predicted octanol–water partition coefficient (Wildman–Crippen LogP) is 0.178. The Bertz CT molecular complexity index is 151. The van der Waals surface area contributed by atoms with E-state index in [1.165, 1.54) is 0 Å². The predicted molar refractivity (Wildman–Crippen MR) is 35.3 cm³/mol. The highest BCUT2D eigenvalue weighted by Crippen LogP contribution is 2.33. The molecule has 0 aromatic heterocycles. The highest BCUT2D eigenvalue weighted by molar-refractivity contribution is 5.75. The second-order valence-electron chi connectivity index (χ2n) is 3.33. The molecule has 1 fully saturated rings. The summed E-state index contributed by atoms with van der Waals surface area (Å²) in [5.41, 5.74) is -0.189. The van der Waals surface area contributed by atoms with Gasteiger partial charge in [-0.25, -0.2) is 0 Å². The van der Waals surface area contributed by atoms with Crippen LogP contribution in [-0.2, 0) is 9.53 Å². The van der Waals surface area contributed by atoms with Crippen LogP contribution in [0.25, 0.3) is 0 Å². The number of cyclic esters (lactones) is 1. The number of hydrogen-bond acceptors (Lipinski definition) is 3. The third-order valence-corrected chi connectivity index (χ3v) is 2.00. The Morgan fingerprint density at radius 1 is 1.80 bits per heavy atom. The Labute approximate surface area is 60.0 Å². The molecule has 58 valence electrons. The zero-order valence-electron chi connectivity index (χ0n) is 6.26.